The lowest BCUT2D eigenvalue weighted by Gasteiger charge is -2.44. The fourth-order valence-electron chi connectivity index (χ4n) is 3.60. The van der Waals surface area contributed by atoms with E-state index in [0.29, 0.717) is 22.7 Å². The zero-order chi connectivity index (χ0) is 14.1. The molecule has 3 rings (SSSR count). The Morgan fingerprint density at radius 3 is 2.90 bits per heavy atom. The number of rotatable bonds is 1. The van der Waals surface area contributed by atoms with Gasteiger partial charge in [0.2, 0.25) is 0 Å². The van der Waals surface area contributed by atoms with E-state index in [1.165, 1.54) is 25.7 Å². The number of carbonyl (C=O) groups excluding carboxylic acids is 1. The highest BCUT2D eigenvalue weighted by Crippen LogP contribution is 2.36. The van der Waals surface area contributed by atoms with E-state index < -0.39 is 0 Å². The van der Waals surface area contributed by atoms with Crippen LogP contribution in [0.3, 0.4) is 0 Å². The molecular weight excluding hydrogens is 340 g/mol. The highest BCUT2D eigenvalue weighted by Gasteiger charge is 2.36. The molecule has 2 fully saturated rings. The number of nitrogens with zero attached hydrogens (tertiary/aromatic N) is 2. The average molecular weight is 358 g/mol. The normalized spacial score (nSPS) is 26.2. The topological polar surface area (TPSA) is 33.2 Å². The van der Waals surface area contributed by atoms with Gasteiger partial charge in [0.25, 0.3) is 5.91 Å². The fourth-order valence-corrected chi connectivity index (χ4v) is 4.12. The molecule has 1 saturated carbocycles. The van der Waals surface area contributed by atoms with Crippen LogP contribution in [-0.2, 0) is 0 Å². The predicted octanol–water partition coefficient (Wildman–Crippen LogP) is 4.29. The number of pyridine rings is 1. The number of hydrogen-bond donors (Lipinski definition) is 0. The van der Waals surface area contributed by atoms with Crippen LogP contribution in [0.25, 0.3) is 0 Å². The van der Waals surface area contributed by atoms with Crippen molar-refractivity contribution in [3.8, 4) is 0 Å². The summed E-state index contributed by atoms with van der Waals surface area (Å²) in [6.07, 6.45) is 8.93. The van der Waals surface area contributed by atoms with Crippen LogP contribution in [0.5, 0.6) is 0 Å². The van der Waals surface area contributed by atoms with Crippen LogP contribution in [0.4, 0.5) is 0 Å². The fraction of sp³-hybridized carbons (Fsp3) is 0.600. The third-order valence-electron chi connectivity index (χ3n) is 4.54. The summed E-state index contributed by atoms with van der Waals surface area (Å²) >= 11 is 9.47. The zero-order valence-electron chi connectivity index (χ0n) is 11.3. The average Bonchev–Trinajstić information content (AvgIpc) is 2.48. The first-order valence-electron chi connectivity index (χ1n) is 7.29. The molecule has 0 aromatic carbocycles. The monoisotopic (exact) mass is 356 g/mol. The largest absolute Gasteiger partial charge is 0.335 e. The van der Waals surface area contributed by atoms with Crippen molar-refractivity contribution in [2.24, 2.45) is 5.92 Å². The Balaban J connectivity index is 1.87. The first-order valence-corrected chi connectivity index (χ1v) is 8.46. The molecule has 1 aromatic rings. The molecule has 0 N–H and O–H groups in total. The molecule has 1 aliphatic heterocycles. The molecule has 2 atom stereocenters. The molecule has 0 unspecified atom stereocenters. The Hall–Kier alpha value is -0.610. The van der Waals surface area contributed by atoms with Crippen LogP contribution in [0.2, 0.25) is 5.15 Å². The van der Waals surface area contributed by atoms with E-state index >= 15 is 0 Å². The van der Waals surface area contributed by atoms with Crippen molar-refractivity contribution in [3.05, 3.63) is 27.5 Å². The minimum Gasteiger partial charge on any atom is -0.335 e. The Labute approximate surface area is 132 Å². The Kier molecular flexibility index (Phi) is 4.32. The van der Waals surface area contributed by atoms with Gasteiger partial charge in [0.1, 0.15) is 5.15 Å². The van der Waals surface area contributed by atoms with Crippen molar-refractivity contribution in [3.63, 3.8) is 0 Å². The van der Waals surface area contributed by atoms with Crippen molar-refractivity contribution in [2.45, 2.75) is 44.6 Å². The number of likely N-dealkylation sites (tertiary alicyclic amines) is 1. The molecule has 0 spiro atoms. The van der Waals surface area contributed by atoms with Gasteiger partial charge in [-0.15, -0.1) is 0 Å². The van der Waals surface area contributed by atoms with Gasteiger partial charge in [0.05, 0.1) is 5.56 Å². The van der Waals surface area contributed by atoms with E-state index in [4.69, 9.17) is 11.6 Å². The van der Waals surface area contributed by atoms with Gasteiger partial charge in [-0.05, 0) is 53.6 Å². The highest BCUT2D eigenvalue weighted by molar-refractivity contribution is 9.10. The standard InChI is InChI=1S/C15H18BrClN2O/c16-11-8-12(14(17)18-9-11)15(20)19-7-3-5-10-4-1-2-6-13(10)19/h8-10,13H,1-7H2/t10-,13-/m1/s1. The minimum atomic E-state index is 0.0420. The van der Waals surface area contributed by atoms with Gasteiger partial charge >= 0.3 is 0 Å². The molecule has 2 heterocycles. The van der Waals surface area contributed by atoms with Gasteiger partial charge in [-0.2, -0.15) is 0 Å². The Morgan fingerprint density at radius 2 is 2.05 bits per heavy atom. The first-order chi connectivity index (χ1) is 9.66. The van der Waals surface area contributed by atoms with E-state index in [1.54, 1.807) is 12.3 Å². The molecular formula is C15H18BrClN2O. The first kappa shape index (κ1) is 14.3. The van der Waals surface area contributed by atoms with Crippen molar-refractivity contribution in [2.75, 3.05) is 6.54 Å². The summed E-state index contributed by atoms with van der Waals surface area (Å²) in [5, 5.41) is 0.302. The summed E-state index contributed by atoms with van der Waals surface area (Å²) in [5.74, 6) is 0.723. The molecule has 2 aliphatic rings. The van der Waals surface area contributed by atoms with Crippen LogP contribution in [0.1, 0.15) is 48.9 Å². The summed E-state index contributed by atoms with van der Waals surface area (Å²) in [6, 6.07) is 2.18. The molecule has 20 heavy (non-hydrogen) atoms. The SMILES string of the molecule is O=C(c1cc(Br)cnc1Cl)N1CCC[C@H]2CCCC[C@H]21. The number of aromatic nitrogens is 1. The van der Waals surface area contributed by atoms with Gasteiger partial charge < -0.3 is 4.90 Å². The lowest BCUT2D eigenvalue weighted by Crippen LogP contribution is -2.49. The molecule has 5 heteroatoms. The summed E-state index contributed by atoms with van der Waals surface area (Å²) in [4.78, 5) is 18.9. The second kappa shape index (κ2) is 6.02. The van der Waals surface area contributed by atoms with Gasteiger partial charge in [-0.1, -0.05) is 24.4 Å². The smallest absolute Gasteiger partial charge is 0.257 e. The molecule has 1 amide bonds. The maximum absolute atomic E-state index is 12.8. The van der Waals surface area contributed by atoms with Gasteiger partial charge in [0.15, 0.2) is 0 Å². The van der Waals surface area contributed by atoms with Crippen LogP contribution in [-0.4, -0.2) is 28.4 Å². The third-order valence-corrected chi connectivity index (χ3v) is 5.28. The number of carbonyl (C=O) groups is 1. The van der Waals surface area contributed by atoms with Crippen molar-refractivity contribution in [1.82, 2.24) is 9.88 Å². The lowest BCUT2D eigenvalue weighted by atomic mass is 9.78. The van der Waals surface area contributed by atoms with Crippen molar-refractivity contribution < 1.29 is 4.79 Å². The second-order valence-corrected chi connectivity index (χ2v) is 7.02. The minimum absolute atomic E-state index is 0.0420. The van der Waals surface area contributed by atoms with Gasteiger partial charge in [0, 0.05) is 23.3 Å². The van der Waals surface area contributed by atoms with Crippen LogP contribution >= 0.6 is 27.5 Å². The van der Waals surface area contributed by atoms with Crippen molar-refractivity contribution >= 4 is 33.4 Å². The number of piperidine rings is 1. The van der Waals surface area contributed by atoms with E-state index in [1.807, 2.05) is 4.90 Å². The zero-order valence-corrected chi connectivity index (χ0v) is 13.7. The van der Waals surface area contributed by atoms with Crippen LogP contribution in [0.15, 0.2) is 16.7 Å². The molecule has 1 aromatic heterocycles. The van der Waals surface area contributed by atoms with Crippen molar-refractivity contribution in [1.29, 1.82) is 0 Å². The Morgan fingerprint density at radius 1 is 1.30 bits per heavy atom. The van der Waals surface area contributed by atoms with E-state index in [-0.39, 0.29) is 5.91 Å². The Bertz CT molecular complexity index is 521. The maximum Gasteiger partial charge on any atom is 0.257 e. The summed E-state index contributed by atoms with van der Waals surface area (Å²) in [7, 11) is 0. The van der Waals surface area contributed by atoms with Crippen LogP contribution < -0.4 is 0 Å². The lowest BCUT2D eigenvalue weighted by molar-refractivity contribution is 0.0390. The second-order valence-electron chi connectivity index (χ2n) is 5.74. The maximum atomic E-state index is 12.8. The van der Waals surface area contributed by atoms with Gasteiger partial charge in [-0.3, -0.25) is 4.79 Å². The van der Waals surface area contributed by atoms with Gasteiger partial charge in [-0.25, -0.2) is 4.98 Å². The molecule has 1 saturated heterocycles. The number of amides is 1. The molecule has 3 nitrogen and oxygen atoms in total. The number of halogens is 2. The highest BCUT2D eigenvalue weighted by atomic mass is 79.9. The predicted molar refractivity (Wildman–Crippen MR) is 83.0 cm³/mol. The molecule has 108 valence electrons. The van der Waals surface area contributed by atoms with Crippen LogP contribution in [0, 0.1) is 5.92 Å². The summed E-state index contributed by atoms with van der Waals surface area (Å²) < 4.78 is 0.794. The third kappa shape index (κ3) is 2.73. The number of hydrogen-bond acceptors (Lipinski definition) is 2. The molecule has 0 bridgehead atoms. The summed E-state index contributed by atoms with van der Waals surface area (Å²) in [5.41, 5.74) is 0.521. The van der Waals surface area contributed by atoms with E-state index in [9.17, 15) is 4.79 Å². The summed E-state index contributed by atoms with van der Waals surface area (Å²) in [6.45, 7) is 0.850. The molecule has 1 aliphatic carbocycles. The number of fused-ring (bicyclic) bond motifs is 1. The van der Waals surface area contributed by atoms with E-state index in [0.717, 1.165) is 23.9 Å². The quantitative estimate of drug-likeness (QED) is 0.702. The van der Waals surface area contributed by atoms with E-state index in [2.05, 4.69) is 20.9 Å². The molecule has 0 radical (unpaired) electrons.